The van der Waals surface area contributed by atoms with Crippen molar-refractivity contribution >= 4 is 0 Å². The van der Waals surface area contributed by atoms with E-state index < -0.39 is 0 Å². The summed E-state index contributed by atoms with van der Waals surface area (Å²) in [5, 5.41) is 3.09. The minimum absolute atomic E-state index is 0.267. The lowest BCUT2D eigenvalue weighted by Crippen LogP contribution is -2.10. The van der Waals surface area contributed by atoms with Gasteiger partial charge in [-0.05, 0) is 43.3 Å². The molecule has 112 valence electrons. The van der Waals surface area contributed by atoms with Crippen molar-refractivity contribution < 1.29 is 13.9 Å². The molecular weight excluding hydrogens is 269 g/mol. The summed E-state index contributed by atoms with van der Waals surface area (Å²) in [4.78, 5) is 0. The Kier molecular flexibility index (Phi) is 5.58. The lowest BCUT2D eigenvalue weighted by Gasteiger charge is -2.10. The maximum absolute atomic E-state index is 13.7. The van der Waals surface area contributed by atoms with Crippen LogP contribution in [0.2, 0.25) is 0 Å². The van der Waals surface area contributed by atoms with Gasteiger partial charge in [0.25, 0.3) is 0 Å². The summed E-state index contributed by atoms with van der Waals surface area (Å²) in [6.45, 7) is 3.22. The van der Waals surface area contributed by atoms with Gasteiger partial charge in [0.15, 0.2) is 11.6 Å². The number of ether oxygens (including phenoxy) is 2. The molecular formula is C17H20FNO2. The first-order valence-corrected chi connectivity index (χ1v) is 6.95. The zero-order chi connectivity index (χ0) is 15.1. The van der Waals surface area contributed by atoms with Crippen molar-refractivity contribution in [1.29, 1.82) is 0 Å². The zero-order valence-electron chi connectivity index (χ0n) is 12.4. The monoisotopic (exact) mass is 289 g/mol. The third kappa shape index (κ3) is 4.46. The van der Waals surface area contributed by atoms with Crippen molar-refractivity contribution in [1.82, 2.24) is 5.32 Å². The molecule has 2 rings (SSSR count). The molecule has 0 aliphatic rings. The van der Waals surface area contributed by atoms with Gasteiger partial charge in [-0.1, -0.05) is 24.3 Å². The third-order valence-electron chi connectivity index (χ3n) is 3.07. The molecule has 0 radical (unpaired) electrons. The van der Waals surface area contributed by atoms with Gasteiger partial charge < -0.3 is 14.8 Å². The molecule has 0 aromatic heterocycles. The molecule has 3 nitrogen and oxygen atoms in total. The number of nitrogens with one attached hydrogen (secondary N) is 1. The summed E-state index contributed by atoms with van der Waals surface area (Å²) >= 11 is 0. The van der Waals surface area contributed by atoms with E-state index in [0.29, 0.717) is 18.8 Å². The highest BCUT2D eigenvalue weighted by molar-refractivity contribution is 5.30. The number of hydrogen-bond acceptors (Lipinski definition) is 3. The Morgan fingerprint density at radius 2 is 1.71 bits per heavy atom. The van der Waals surface area contributed by atoms with Crippen molar-refractivity contribution in [2.24, 2.45) is 0 Å². The fourth-order valence-corrected chi connectivity index (χ4v) is 1.95. The summed E-state index contributed by atoms with van der Waals surface area (Å²) in [7, 11) is 1.91. The lowest BCUT2D eigenvalue weighted by atomic mass is 10.2. The first-order chi connectivity index (χ1) is 10.2. The van der Waals surface area contributed by atoms with Crippen LogP contribution in [0.5, 0.6) is 11.5 Å². The highest BCUT2D eigenvalue weighted by Gasteiger charge is 2.05. The van der Waals surface area contributed by atoms with E-state index in [1.807, 2.05) is 31.3 Å². The van der Waals surface area contributed by atoms with Crippen LogP contribution < -0.4 is 14.8 Å². The van der Waals surface area contributed by atoms with Crippen LogP contribution in [0.3, 0.4) is 0 Å². The molecule has 0 unspecified atom stereocenters. The maximum Gasteiger partial charge on any atom is 0.167 e. The summed E-state index contributed by atoms with van der Waals surface area (Å²) in [5.74, 6) is 0.736. The van der Waals surface area contributed by atoms with Crippen LogP contribution >= 0.6 is 0 Å². The second-order valence-electron chi connectivity index (χ2n) is 4.76. The van der Waals surface area contributed by atoms with Gasteiger partial charge in [-0.3, -0.25) is 0 Å². The number of rotatable bonds is 7. The third-order valence-corrected chi connectivity index (χ3v) is 3.07. The van der Waals surface area contributed by atoms with Crippen LogP contribution in [0.4, 0.5) is 4.39 Å². The normalized spacial score (nSPS) is 10.4. The van der Waals surface area contributed by atoms with Gasteiger partial charge in [0.05, 0.1) is 0 Å². The molecule has 0 bridgehead atoms. The van der Waals surface area contributed by atoms with Crippen molar-refractivity contribution in [3.8, 4) is 11.5 Å². The Morgan fingerprint density at radius 3 is 2.43 bits per heavy atom. The number of benzene rings is 2. The van der Waals surface area contributed by atoms with Gasteiger partial charge in [-0.2, -0.15) is 0 Å². The predicted molar refractivity (Wildman–Crippen MR) is 81.3 cm³/mol. The summed E-state index contributed by atoms with van der Waals surface area (Å²) in [6, 6.07) is 13.0. The van der Waals surface area contributed by atoms with Gasteiger partial charge in [-0.15, -0.1) is 0 Å². The first-order valence-electron chi connectivity index (χ1n) is 6.95. The molecule has 0 atom stereocenters. The van der Waals surface area contributed by atoms with Gasteiger partial charge in [0.2, 0.25) is 0 Å². The number of aryl methyl sites for hydroxylation is 1. The SMILES string of the molecule is CNCc1ccc(OCCOc2cccc(C)c2F)cc1. The van der Waals surface area contributed by atoms with E-state index >= 15 is 0 Å². The Balaban J connectivity index is 1.78. The summed E-state index contributed by atoms with van der Waals surface area (Å²) < 4.78 is 24.7. The average molecular weight is 289 g/mol. The Morgan fingerprint density at radius 1 is 1.00 bits per heavy atom. The van der Waals surface area contributed by atoms with Gasteiger partial charge >= 0.3 is 0 Å². The van der Waals surface area contributed by atoms with E-state index in [1.54, 1.807) is 25.1 Å². The minimum Gasteiger partial charge on any atom is -0.490 e. The highest BCUT2D eigenvalue weighted by Crippen LogP contribution is 2.19. The van der Waals surface area contributed by atoms with Crippen LogP contribution in [-0.4, -0.2) is 20.3 Å². The molecule has 0 amide bonds. The van der Waals surface area contributed by atoms with Crippen molar-refractivity contribution in [2.75, 3.05) is 20.3 Å². The summed E-state index contributed by atoms with van der Waals surface area (Å²) in [5.41, 5.74) is 1.77. The van der Waals surface area contributed by atoms with Crippen LogP contribution in [0, 0.1) is 12.7 Å². The van der Waals surface area contributed by atoms with E-state index in [1.165, 1.54) is 5.56 Å². The molecule has 0 saturated heterocycles. The zero-order valence-corrected chi connectivity index (χ0v) is 12.4. The number of halogens is 1. The van der Waals surface area contributed by atoms with Crippen LogP contribution in [-0.2, 0) is 6.54 Å². The van der Waals surface area contributed by atoms with Crippen molar-refractivity contribution in [3.63, 3.8) is 0 Å². The second kappa shape index (κ2) is 7.64. The molecule has 0 heterocycles. The molecule has 0 spiro atoms. The summed E-state index contributed by atoms with van der Waals surface area (Å²) in [6.07, 6.45) is 0. The first kappa shape index (κ1) is 15.3. The van der Waals surface area contributed by atoms with E-state index in [0.717, 1.165) is 12.3 Å². The van der Waals surface area contributed by atoms with Crippen molar-refractivity contribution in [2.45, 2.75) is 13.5 Å². The largest absolute Gasteiger partial charge is 0.490 e. The van der Waals surface area contributed by atoms with Crippen LogP contribution in [0.25, 0.3) is 0 Å². The fraction of sp³-hybridized carbons (Fsp3) is 0.294. The van der Waals surface area contributed by atoms with Crippen LogP contribution in [0.1, 0.15) is 11.1 Å². The fourth-order valence-electron chi connectivity index (χ4n) is 1.95. The lowest BCUT2D eigenvalue weighted by molar-refractivity contribution is 0.211. The topological polar surface area (TPSA) is 30.5 Å². The van der Waals surface area contributed by atoms with Gasteiger partial charge in [-0.25, -0.2) is 4.39 Å². The molecule has 2 aromatic carbocycles. The van der Waals surface area contributed by atoms with Crippen molar-refractivity contribution in [3.05, 3.63) is 59.4 Å². The average Bonchev–Trinajstić information content (AvgIpc) is 2.50. The van der Waals surface area contributed by atoms with E-state index in [2.05, 4.69) is 5.32 Å². The van der Waals surface area contributed by atoms with E-state index in [9.17, 15) is 4.39 Å². The molecule has 21 heavy (non-hydrogen) atoms. The molecule has 0 fully saturated rings. The molecule has 1 N–H and O–H groups in total. The van der Waals surface area contributed by atoms with E-state index in [-0.39, 0.29) is 11.6 Å². The quantitative estimate of drug-likeness (QED) is 0.793. The standard InChI is InChI=1S/C17H20FNO2/c1-13-4-3-5-16(17(13)18)21-11-10-20-15-8-6-14(7-9-15)12-19-2/h3-9,19H,10-12H2,1-2H3. The molecule has 0 saturated carbocycles. The Labute approximate surface area is 124 Å². The molecule has 2 aromatic rings. The molecule has 0 aliphatic carbocycles. The highest BCUT2D eigenvalue weighted by atomic mass is 19.1. The van der Waals surface area contributed by atoms with E-state index in [4.69, 9.17) is 9.47 Å². The Bertz CT molecular complexity index is 570. The molecule has 4 heteroatoms. The Hall–Kier alpha value is -2.07. The number of hydrogen-bond donors (Lipinski definition) is 1. The maximum atomic E-state index is 13.7. The van der Waals surface area contributed by atoms with Gasteiger partial charge in [0.1, 0.15) is 19.0 Å². The second-order valence-corrected chi connectivity index (χ2v) is 4.76. The predicted octanol–water partition coefficient (Wildman–Crippen LogP) is 3.31. The van der Waals surface area contributed by atoms with Gasteiger partial charge in [0, 0.05) is 6.54 Å². The smallest absolute Gasteiger partial charge is 0.167 e. The van der Waals surface area contributed by atoms with Crippen LogP contribution in [0.15, 0.2) is 42.5 Å². The molecule has 0 aliphatic heterocycles. The minimum atomic E-state index is -0.311.